The van der Waals surface area contributed by atoms with E-state index < -0.39 is 5.97 Å². The van der Waals surface area contributed by atoms with Gasteiger partial charge in [-0.1, -0.05) is 20.8 Å². The van der Waals surface area contributed by atoms with E-state index in [0.717, 1.165) is 12.1 Å². The molecule has 0 bridgehead atoms. The summed E-state index contributed by atoms with van der Waals surface area (Å²) in [5.41, 5.74) is 1.17. The summed E-state index contributed by atoms with van der Waals surface area (Å²) in [7, 11) is 3.86. The van der Waals surface area contributed by atoms with Gasteiger partial charge in [-0.25, -0.2) is 4.79 Å². The van der Waals surface area contributed by atoms with Crippen LogP contribution in [0.3, 0.4) is 0 Å². The molecule has 0 aliphatic carbocycles. The number of esters is 1. The monoisotopic (exact) mass is 334 g/mol. The van der Waals surface area contributed by atoms with E-state index in [0.29, 0.717) is 5.56 Å². The van der Waals surface area contributed by atoms with Crippen molar-refractivity contribution in [3.63, 3.8) is 0 Å². The van der Waals surface area contributed by atoms with Crippen molar-refractivity contribution in [2.24, 2.45) is 5.41 Å². The summed E-state index contributed by atoms with van der Waals surface area (Å²) in [4.78, 5) is 26.0. The molecule has 0 saturated heterocycles. The fourth-order valence-corrected chi connectivity index (χ4v) is 2.89. The number of carbonyl (C=O) groups is 2. The predicted molar refractivity (Wildman–Crippen MR) is 97.3 cm³/mol. The number of hydrogen-bond acceptors (Lipinski definition) is 4. The molecule has 0 heterocycles. The van der Waals surface area contributed by atoms with Gasteiger partial charge in [-0.15, -0.1) is 0 Å². The van der Waals surface area contributed by atoms with Crippen molar-refractivity contribution >= 4 is 17.6 Å². The first-order valence-corrected chi connectivity index (χ1v) is 8.15. The van der Waals surface area contributed by atoms with Crippen molar-refractivity contribution < 1.29 is 14.3 Å². The predicted octanol–water partition coefficient (Wildman–Crippen LogP) is 3.24. The highest BCUT2D eigenvalue weighted by atomic mass is 16.5. The summed E-state index contributed by atoms with van der Waals surface area (Å²) < 4.78 is 5.10. The first-order chi connectivity index (χ1) is 10.9. The molecule has 0 aliphatic heterocycles. The highest BCUT2D eigenvalue weighted by Crippen LogP contribution is 2.26. The highest BCUT2D eigenvalue weighted by Gasteiger charge is 2.27. The minimum atomic E-state index is -0.496. The lowest BCUT2D eigenvalue weighted by molar-refractivity contribution is -0.126. The standard InChI is InChI=1S/C19H30N2O3/c1-18(2,3)13-19(4,5)20-16(22)12-24-17(23)14-8-10-15(11-9-14)21(6)7/h8-11H,12-13H2,1-7H3,(H,20,22). The number of nitrogens with one attached hydrogen (secondary N) is 1. The Morgan fingerprint density at radius 2 is 1.58 bits per heavy atom. The van der Waals surface area contributed by atoms with Crippen LogP contribution in [0.4, 0.5) is 5.69 Å². The van der Waals surface area contributed by atoms with Crippen LogP contribution in [-0.2, 0) is 9.53 Å². The van der Waals surface area contributed by atoms with E-state index in [1.165, 1.54) is 0 Å². The van der Waals surface area contributed by atoms with Crippen LogP contribution >= 0.6 is 0 Å². The molecule has 0 atom stereocenters. The zero-order chi connectivity index (χ0) is 18.5. The third-order valence-corrected chi connectivity index (χ3v) is 3.40. The molecule has 0 fully saturated rings. The Morgan fingerprint density at radius 3 is 2.04 bits per heavy atom. The van der Waals surface area contributed by atoms with Crippen molar-refractivity contribution in [2.45, 2.75) is 46.6 Å². The quantitative estimate of drug-likeness (QED) is 0.812. The molecule has 1 aromatic rings. The largest absolute Gasteiger partial charge is 0.452 e. The van der Waals surface area contributed by atoms with E-state index in [1.807, 2.05) is 45.0 Å². The summed E-state index contributed by atoms with van der Waals surface area (Å²) in [6.45, 7) is 10.0. The van der Waals surface area contributed by atoms with Gasteiger partial charge in [0.25, 0.3) is 5.91 Å². The van der Waals surface area contributed by atoms with Crippen LogP contribution in [0.25, 0.3) is 0 Å². The number of nitrogens with zero attached hydrogens (tertiary/aromatic N) is 1. The van der Waals surface area contributed by atoms with Gasteiger partial charge in [0, 0.05) is 25.3 Å². The molecule has 0 aromatic heterocycles. The van der Waals surface area contributed by atoms with Gasteiger partial charge in [-0.3, -0.25) is 4.79 Å². The van der Waals surface area contributed by atoms with Crippen LogP contribution in [0, 0.1) is 5.41 Å². The van der Waals surface area contributed by atoms with Crippen molar-refractivity contribution in [3.05, 3.63) is 29.8 Å². The molecule has 0 aliphatic rings. The third-order valence-electron chi connectivity index (χ3n) is 3.40. The van der Waals surface area contributed by atoms with Crippen molar-refractivity contribution in [1.29, 1.82) is 0 Å². The van der Waals surface area contributed by atoms with E-state index in [2.05, 4.69) is 26.1 Å². The van der Waals surface area contributed by atoms with Crippen LogP contribution in [0.1, 0.15) is 51.4 Å². The lowest BCUT2D eigenvalue weighted by atomic mass is 9.82. The fourth-order valence-electron chi connectivity index (χ4n) is 2.89. The van der Waals surface area contributed by atoms with Gasteiger partial charge in [0.2, 0.25) is 0 Å². The summed E-state index contributed by atoms with van der Waals surface area (Å²) in [6.07, 6.45) is 0.825. The van der Waals surface area contributed by atoms with Crippen LogP contribution in [0.15, 0.2) is 24.3 Å². The van der Waals surface area contributed by atoms with Crippen molar-refractivity contribution in [3.8, 4) is 0 Å². The van der Waals surface area contributed by atoms with Gasteiger partial charge in [-0.05, 0) is 49.9 Å². The normalized spacial score (nSPS) is 11.8. The third kappa shape index (κ3) is 7.02. The van der Waals surface area contributed by atoms with Gasteiger partial charge in [0.1, 0.15) is 0 Å². The number of ether oxygens (including phenoxy) is 1. The second kappa shape index (κ2) is 7.69. The van der Waals surface area contributed by atoms with Gasteiger partial charge in [-0.2, -0.15) is 0 Å². The number of amides is 1. The lowest BCUT2D eigenvalue weighted by Gasteiger charge is -2.33. The zero-order valence-electron chi connectivity index (χ0n) is 15.9. The van der Waals surface area contributed by atoms with Crippen LogP contribution in [0.2, 0.25) is 0 Å². The molecular formula is C19H30N2O3. The molecule has 1 rings (SSSR count). The second-order valence-electron chi connectivity index (χ2n) is 8.19. The minimum absolute atomic E-state index is 0.0989. The molecule has 24 heavy (non-hydrogen) atoms. The van der Waals surface area contributed by atoms with Crippen molar-refractivity contribution in [1.82, 2.24) is 5.32 Å². The number of anilines is 1. The number of carbonyl (C=O) groups excluding carboxylic acids is 2. The number of hydrogen-bond donors (Lipinski definition) is 1. The lowest BCUT2D eigenvalue weighted by Crippen LogP contribution is -2.47. The molecule has 5 heteroatoms. The smallest absolute Gasteiger partial charge is 0.338 e. The van der Waals surface area contributed by atoms with E-state index in [-0.39, 0.29) is 23.5 Å². The average molecular weight is 334 g/mol. The van der Waals surface area contributed by atoms with E-state index in [4.69, 9.17) is 4.74 Å². The second-order valence-corrected chi connectivity index (χ2v) is 8.19. The first kappa shape index (κ1) is 20.0. The Hall–Kier alpha value is -2.04. The Balaban J connectivity index is 2.53. The van der Waals surface area contributed by atoms with E-state index in [9.17, 15) is 9.59 Å². The Morgan fingerprint density at radius 1 is 1.04 bits per heavy atom. The summed E-state index contributed by atoms with van der Waals surface area (Å²) in [6, 6.07) is 7.06. The highest BCUT2D eigenvalue weighted by molar-refractivity contribution is 5.91. The topological polar surface area (TPSA) is 58.6 Å². The fraction of sp³-hybridized carbons (Fsp3) is 0.579. The van der Waals surface area contributed by atoms with Crippen LogP contribution in [0.5, 0.6) is 0 Å². The molecule has 134 valence electrons. The maximum atomic E-state index is 12.0. The molecule has 0 saturated carbocycles. The number of benzene rings is 1. The molecule has 1 aromatic carbocycles. The minimum Gasteiger partial charge on any atom is -0.452 e. The van der Waals surface area contributed by atoms with Gasteiger partial charge < -0.3 is 15.0 Å². The molecule has 5 nitrogen and oxygen atoms in total. The zero-order valence-corrected chi connectivity index (χ0v) is 15.9. The van der Waals surface area contributed by atoms with E-state index in [1.54, 1.807) is 12.1 Å². The Kier molecular flexibility index (Phi) is 6.41. The molecule has 1 N–H and O–H groups in total. The summed E-state index contributed by atoms with van der Waals surface area (Å²) in [5, 5.41) is 2.92. The molecular weight excluding hydrogens is 304 g/mol. The molecule has 0 spiro atoms. The number of rotatable bonds is 6. The maximum Gasteiger partial charge on any atom is 0.338 e. The van der Waals surface area contributed by atoms with Gasteiger partial charge >= 0.3 is 5.97 Å². The summed E-state index contributed by atoms with van der Waals surface area (Å²) >= 11 is 0. The molecule has 1 amide bonds. The van der Waals surface area contributed by atoms with Gasteiger partial charge in [0.05, 0.1) is 5.56 Å². The maximum absolute atomic E-state index is 12.0. The van der Waals surface area contributed by atoms with Gasteiger partial charge in [0.15, 0.2) is 6.61 Å². The van der Waals surface area contributed by atoms with Crippen LogP contribution in [-0.4, -0.2) is 38.1 Å². The molecule has 0 radical (unpaired) electrons. The van der Waals surface area contributed by atoms with E-state index >= 15 is 0 Å². The Labute approximate surface area is 145 Å². The van der Waals surface area contributed by atoms with Crippen LogP contribution < -0.4 is 10.2 Å². The molecule has 0 unspecified atom stereocenters. The average Bonchev–Trinajstić information content (AvgIpc) is 2.41. The Bertz CT molecular complexity index is 569. The SMILES string of the molecule is CN(C)c1ccc(C(=O)OCC(=O)NC(C)(C)CC(C)(C)C)cc1. The summed E-state index contributed by atoms with van der Waals surface area (Å²) in [5.74, 6) is -0.786. The first-order valence-electron chi connectivity index (χ1n) is 8.15. The van der Waals surface area contributed by atoms with Crippen molar-refractivity contribution in [2.75, 3.05) is 25.6 Å².